The summed E-state index contributed by atoms with van der Waals surface area (Å²) in [5.41, 5.74) is 0.954. The predicted molar refractivity (Wildman–Crippen MR) is 45.3 cm³/mol. The Morgan fingerprint density at radius 1 is 1.20 bits per heavy atom. The molecule has 0 saturated carbocycles. The van der Waals surface area contributed by atoms with Crippen LogP contribution in [0, 0.1) is 0 Å². The molecule has 3 rings (SSSR count). The summed E-state index contributed by atoms with van der Waals surface area (Å²) in [6, 6.07) is 1.64. The van der Waals surface area contributed by atoms with Crippen LogP contribution < -0.4 is 0 Å². The molecule has 0 spiro atoms. The molecule has 0 aromatic carbocycles. The van der Waals surface area contributed by atoms with E-state index in [0.717, 1.165) is 0 Å². The van der Waals surface area contributed by atoms with Crippen LogP contribution in [0.5, 0.6) is 0 Å². The van der Waals surface area contributed by atoms with Crippen molar-refractivity contribution in [2.75, 3.05) is 0 Å². The molecular weight excluding hydrogens is 200 g/mol. The van der Waals surface area contributed by atoms with Gasteiger partial charge in [-0.25, -0.2) is 4.98 Å². The van der Waals surface area contributed by atoms with E-state index in [1.165, 1.54) is 18.7 Å². The van der Waals surface area contributed by atoms with Gasteiger partial charge in [-0.1, -0.05) is 5.16 Å². The van der Waals surface area contributed by atoms with Gasteiger partial charge in [-0.3, -0.25) is 0 Å². The second kappa shape index (κ2) is 3.05. The van der Waals surface area contributed by atoms with Crippen LogP contribution in [-0.4, -0.2) is 20.5 Å². The first-order valence-electron chi connectivity index (χ1n) is 4.08. The van der Waals surface area contributed by atoms with Crippen molar-refractivity contribution in [3.8, 4) is 23.0 Å². The lowest BCUT2D eigenvalue weighted by molar-refractivity contribution is 0.391. The molecule has 0 radical (unpaired) electrons. The van der Waals surface area contributed by atoms with Gasteiger partial charge >= 0.3 is 0 Å². The van der Waals surface area contributed by atoms with Crippen LogP contribution in [0.1, 0.15) is 0 Å². The maximum atomic E-state index is 5.07. The highest BCUT2D eigenvalue weighted by atomic mass is 16.5. The summed E-state index contributed by atoms with van der Waals surface area (Å²) < 4.78 is 14.7. The monoisotopic (exact) mass is 204 g/mol. The van der Waals surface area contributed by atoms with Crippen LogP contribution in [0.4, 0.5) is 0 Å². The molecule has 0 saturated heterocycles. The Balaban J connectivity index is 2.15. The topological polar surface area (TPSA) is 91.0 Å². The highest BCUT2D eigenvalue weighted by molar-refractivity contribution is 5.68. The smallest absolute Gasteiger partial charge is 0.268 e. The Labute approximate surface area is 82.7 Å². The second-order valence-electron chi connectivity index (χ2n) is 2.67. The maximum absolute atomic E-state index is 5.07. The Kier molecular flexibility index (Phi) is 1.61. The van der Waals surface area contributed by atoms with E-state index in [4.69, 9.17) is 13.5 Å². The third kappa shape index (κ3) is 1.21. The minimum absolute atomic E-state index is 0.304. The van der Waals surface area contributed by atoms with Crippen LogP contribution >= 0.6 is 0 Å². The van der Waals surface area contributed by atoms with Gasteiger partial charge in [0.05, 0.1) is 6.20 Å². The lowest BCUT2D eigenvalue weighted by Gasteiger charge is -1.88. The summed E-state index contributed by atoms with van der Waals surface area (Å²) in [5.74, 6) is 0.631. The standard InChI is InChI=1S/C8H4N4O3/c1-3-14-11-5(1)6-7(15-12-10-6)8-9-2-4-13-8/h1-4H. The second-order valence-corrected chi connectivity index (χ2v) is 2.67. The van der Waals surface area contributed by atoms with Gasteiger partial charge in [-0.2, -0.15) is 0 Å². The normalized spacial score (nSPS) is 10.7. The summed E-state index contributed by atoms with van der Waals surface area (Å²) >= 11 is 0. The van der Waals surface area contributed by atoms with Gasteiger partial charge in [0.25, 0.3) is 11.7 Å². The van der Waals surface area contributed by atoms with Gasteiger partial charge < -0.3 is 13.5 Å². The highest BCUT2D eigenvalue weighted by Gasteiger charge is 2.20. The summed E-state index contributed by atoms with van der Waals surface area (Å²) in [4.78, 5) is 3.93. The number of oxazole rings is 1. The highest BCUT2D eigenvalue weighted by Crippen LogP contribution is 2.27. The number of rotatable bonds is 2. The molecule has 0 bridgehead atoms. The van der Waals surface area contributed by atoms with E-state index in [9.17, 15) is 0 Å². The molecule has 0 N–H and O–H groups in total. The molecule has 15 heavy (non-hydrogen) atoms. The van der Waals surface area contributed by atoms with Crippen molar-refractivity contribution in [3.63, 3.8) is 0 Å². The minimum Gasteiger partial charge on any atom is -0.442 e. The van der Waals surface area contributed by atoms with Crippen LogP contribution in [0.25, 0.3) is 23.0 Å². The van der Waals surface area contributed by atoms with Crippen LogP contribution in [-0.2, 0) is 0 Å². The largest absolute Gasteiger partial charge is 0.442 e. The van der Waals surface area contributed by atoms with Crippen LogP contribution in [0.15, 0.2) is 38.3 Å². The van der Waals surface area contributed by atoms with Gasteiger partial charge in [0.2, 0.25) is 0 Å². The molecular formula is C8H4N4O3. The molecule has 0 aliphatic carbocycles. The Morgan fingerprint density at radius 3 is 2.93 bits per heavy atom. The number of nitrogens with zero attached hydrogens (tertiary/aromatic N) is 4. The Hall–Kier alpha value is -2.44. The van der Waals surface area contributed by atoms with E-state index >= 15 is 0 Å². The van der Waals surface area contributed by atoms with Crippen molar-refractivity contribution < 1.29 is 13.5 Å². The van der Waals surface area contributed by atoms with Gasteiger partial charge in [0.1, 0.15) is 18.2 Å². The van der Waals surface area contributed by atoms with Gasteiger partial charge in [-0.05, 0) is 0 Å². The molecule has 0 unspecified atom stereocenters. The Morgan fingerprint density at radius 2 is 2.20 bits per heavy atom. The maximum Gasteiger partial charge on any atom is 0.268 e. The first-order valence-corrected chi connectivity index (χ1v) is 4.08. The van der Waals surface area contributed by atoms with E-state index in [1.807, 2.05) is 0 Å². The third-order valence-electron chi connectivity index (χ3n) is 1.80. The molecule has 3 heterocycles. The molecule has 3 aromatic heterocycles. The van der Waals surface area contributed by atoms with Gasteiger partial charge in [0, 0.05) is 11.3 Å². The van der Waals surface area contributed by atoms with Gasteiger partial charge in [0.15, 0.2) is 5.69 Å². The SMILES string of the molecule is c1coc(-c2onnc2-c2ccon2)n1. The van der Waals surface area contributed by atoms with E-state index in [2.05, 4.69) is 20.5 Å². The molecule has 0 amide bonds. The molecule has 7 heteroatoms. The summed E-state index contributed by atoms with van der Waals surface area (Å²) in [5, 5.41) is 10.9. The molecule has 0 fully saturated rings. The van der Waals surface area contributed by atoms with E-state index in [-0.39, 0.29) is 0 Å². The van der Waals surface area contributed by atoms with Crippen molar-refractivity contribution in [2.45, 2.75) is 0 Å². The molecule has 0 aliphatic rings. The molecule has 0 atom stereocenters. The summed E-state index contributed by atoms with van der Waals surface area (Å²) in [6.07, 6.45) is 4.37. The summed E-state index contributed by atoms with van der Waals surface area (Å²) in [6.45, 7) is 0. The van der Waals surface area contributed by atoms with Crippen molar-refractivity contribution in [1.82, 2.24) is 20.5 Å². The number of hydrogen-bond acceptors (Lipinski definition) is 7. The third-order valence-corrected chi connectivity index (χ3v) is 1.80. The number of aromatic nitrogens is 4. The van der Waals surface area contributed by atoms with Crippen molar-refractivity contribution in [1.29, 1.82) is 0 Å². The van der Waals surface area contributed by atoms with Gasteiger partial charge in [-0.15, -0.1) is 5.10 Å². The fourth-order valence-corrected chi connectivity index (χ4v) is 1.17. The zero-order valence-electron chi connectivity index (χ0n) is 7.32. The predicted octanol–water partition coefficient (Wildman–Crippen LogP) is 1.38. The lowest BCUT2D eigenvalue weighted by atomic mass is 10.2. The molecule has 7 nitrogen and oxygen atoms in total. The van der Waals surface area contributed by atoms with Crippen molar-refractivity contribution >= 4 is 0 Å². The van der Waals surface area contributed by atoms with Crippen molar-refractivity contribution in [3.05, 3.63) is 24.8 Å². The average molecular weight is 204 g/mol. The molecule has 74 valence electrons. The van der Waals surface area contributed by atoms with Crippen LogP contribution in [0.3, 0.4) is 0 Å². The van der Waals surface area contributed by atoms with Crippen molar-refractivity contribution in [2.24, 2.45) is 0 Å². The fraction of sp³-hybridized carbons (Fsp3) is 0. The zero-order valence-corrected chi connectivity index (χ0v) is 7.32. The lowest BCUT2D eigenvalue weighted by Crippen LogP contribution is -1.81. The first kappa shape index (κ1) is 7.92. The van der Waals surface area contributed by atoms with Crippen LogP contribution in [0.2, 0.25) is 0 Å². The van der Waals surface area contributed by atoms with E-state index < -0.39 is 0 Å². The summed E-state index contributed by atoms with van der Waals surface area (Å²) in [7, 11) is 0. The molecule has 3 aromatic rings. The quantitative estimate of drug-likeness (QED) is 0.622. The Bertz CT molecular complexity index is 491. The average Bonchev–Trinajstić information content (AvgIpc) is 3.01. The van der Waals surface area contributed by atoms with E-state index in [1.54, 1.807) is 6.07 Å². The fourth-order valence-electron chi connectivity index (χ4n) is 1.17. The number of hydrogen-bond donors (Lipinski definition) is 0. The van der Waals surface area contributed by atoms with E-state index in [0.29, 0.717) is 23.0 Å². The molecule has 0 aliphatic heterocycles. The first-order chi connectivity index (χ1) is 7.45. The minimum atomic E-state index is 0.304. The zero-order chi connectivity index (χ0) is 10.1.